The quantitative estimate of drug-likeness (QED) is 0.344. The molecule has 0 amide bonds. The molecule has 9 nitrogen and oxygen atoms in total. The van der Waals surface area contributed by atoms with Crippen LogP contribution >= 0.6 is 12.4 Å². The lowest BCUT2D eigenvalue weighted by atomic mass is 10.2. The van der Waals surface area contributed by atoms with Crippen molar-refractivity contribution in [1.29, 1.82) is 0 Å². The maximum Gasteiger partial charge on any atom is 0.341 e. The van der Waals surface area contributed by atoms with Gasteiger partial charge in [-0.1, -0.05) is 24.3 Å². The van der Waals surface area contributed by atoms with Gasteiger partial charge >= 0.3 is 5.97 Å². The van der Waals surface area contributed by atoms with Gasteiger partial charge in [0.25, 0.3) is 0 Å². The summed E-state index contributed by atoms with van der Waals surface area (Å²) in [6.45, 7) is -0.295. The lowest BCUT2D eigenvalue weighted by Gasteiger charge is -2.23. The Morgan fingerprint density at radius 2 is 1.74 bits per heavy atom. The average Bonchev–Trinajstić information content (AvgIpc) is 3.39. The van der Waals surface area contributed by atoms with Crippen LogP contribution in [0, 0.1) is 0 Å². The molecule has 11 heteroatoms. The minimum Gasteiger partial charge on any atom is -0.482 e. The number of aliphatic carboxylic acids is 1. The highest BCUT2D eigenvalue weighted by Crippen LogP contribution is 2.23. The van der Waals surface area contributed by atoms with Gasteiger partial charge in [0, 0.05) is 43.6 Å². The second-order valence-electron chi connectivity index (χ2n) is 7.43. The van der Waals surface area contributed by atoms with Gasteiger partial charge in [-0.25, -0.2) is 18.2 Å². The number of benzene rings is 2. The van der Waals surface area contributed by atoms with Crippen molar-refractivity contribution in [3.8, 4) is 11.4 Å². The Morgan fingerprint density at radius 3 is 2.40 bits per heavy atom. The van der Waals surface area contributed by atoms with Gasteiger partial charge in [0.15, 0.2) is 6.61 Å². The van der Waals surface area contributed by atoms with Crippen LogP contribution in [0.3, 0.4) is 0 Å². The number of hydrogen-bond donors (Lipinski definition) is 1. The van der Waals surface area contributed by atoms with Crippen LogP contribution in [-0.2, 0) is 27.9 Å². The second-order valence-corrected chi connectivity index (χ2v) is 9.37. The highest BCUT2D eigenvalue weighted by Gasteiger charge is 2.25. The van der Waals surface area contributed by atoms with Gasteiger partial charge in [0.2, 0.25) is 10.0 Å². The van der Waals surface area contributed by atoms with E-state index in [-0.39, 0.29) is 30.4 Å². The van der Waals surface area contributed by atoms with Crippen molar-refractivity contribution in [2.45, 2.75) is 18.0 Å². The van der Waals surface area contributed by atoms with E-state index in [0.29, 0.717) is 11.3 Å². The molecule has 0 spiro atoms. The lowest BCUT2D eigenvalue weighted by Crippen LogP contribution is -2.30. The van der Waals surface area contributed by atoms with Crippen molar-refractivity contribution in [2.24, 2.45) is 0 Å². The molecule has 2 heterocycles. The van der Waals surface area contributed by atoms with Crippen LogP contribution in [0.15, 0.2) is 96.7 Å². The molecule has 4 aromatic rings. The Labute approximate surface area is 209 Å². The number of sulfonamides is 1. The Hall–Kier alpha value is -3.73. The first kappa shape index (κ1) is 25.9. The molecule has 0 fully saturated rings. The summed E-state index contributed by atoms with van der Waals surface area (Å²) in [5.74, 6) is -0.742. The van der Waals surface area contributed by atoms with Crippen LogP contribution < -0.4 is 4.74 Å². The number of ether oxygens (including phenoxy) is 1. The fourth-order valence-electron chi connectivity index (χ4n) is 3.35. The standard InChI is InChI=1S/C24H22N4O5S.ClH/c29-24(30)17-33-22-4-1-3-20(13-22)16-28(34(31,32)23-5-2-10-25-14-23)15-19-6-8-21(9-7-19)27-12-11-26-18-27;/h1-14,18H,15-17H2,(H,29,30);1H. The number of carboxylic acid groups (broad SMARTS) is 1. The first-order chi connectivity index (χ1) is 16.4. The maximum absolute atomic E-state index is 13.5. The van der Waals surface area contributed by atoms with E-state index in [1.54, 1.807) is 42.9 Å². The van der Waals surface area contributed by atoms with E-state index >= 15 is 0 Å². The Bertz CT molecular complexity index is 1350. The normalized spacial score (nSPS) is 11.1. The molecule has 0 atom stereocenters. The fourth-order valence-corrected chi connectivity index (χ4v) is 4.73. The fraction of sp³-hybridized carbons (Fsp3) is 0.125. The molecular formula is C24H23ClN4O5S. The third kappa shape index (κ3) is 6.66. The van der Waals surface area contributed by atoms with Crippen LogP contribution in [0.4, 0.5) is 0 Å². The predicted molar refractivity (Wildman–Crippen MR) is 131 cm³/mol. The Morgan fingerprint density at radius 1 is 0.971 bits per heavy atom. The third-order valence-corrected chi connectivity index (χ3v) is 6.76. The highest BCUT2D eigenvalue weighted by molar-refractivity contribution is 7.89. The predicted octanol–water partition coefficient (Wildman–Crippen LogP) is 3.54. The Balaban J connectivity index is 0.00000342. The summed E-state index contributed by atoms with van der Waals surface area (Å²) in [5, 5.41) is 8.84. The average molecular weight is 515 g/mol. The molecule has 182 valence electrons. The number of carbonyl (C=O) groups is 1. The van der Waals surface area contributed by atoms with Gasteiger partial charge in [-0.15, -0.1) is 12.4 Å². The summed E-state index contributed by atoms with van der Waals surface area (Å²) in [6.07, 6.45) is 8.03. The largest absolute Gasteiger partial charge is 0.482 e. The molecule has 0 saturated carbocycles. The number of pyridine rings is 1. The first-order valence-corrected chi connectivity index (χ1v) is 11.8. The molecule has 0 aliphatic carbocycles. The van der Waals surface area contributed by atoms with E-state index in [0.717, 1.165) is 11.3 Å². The van der Waals surface area contributed by atoms with Crippen molar-refractivity contribution in [1.82, 2.24) is 18.8 Å². The summed E-state index contributed by atoms with van der Waals surface area (Å²) in [4.78, 5) is 18.9. The van der Waals surface area contributed by atoms with E-state index in [2.05, 4.69) is 9.97 Å². The summed E-state index contributed by atoms with van der Waals surface area (Å²) in [6, 6.07) is 17.3. The van der Waals surface area contributed by atoms with E-state index in [1.807, 2.05) is 35.0 Å². The van der Waals surface area contributed by atoms with Crippen LogP contribution in [0.1, 0.15) is 11.1 Å². The maximum atomic E-state index is 13.5. The number of halogens is 1. The molecule has 0 bridgehead atoms. The molecule has 0 aliphatic heterocycles. The minimum atomic E-state index is -3.87. The van der Waals surface area contributed by atoms with Gasteiger partial charge < -0.3 is 14.4 Å². The smallest absolute Gasteiger partial charge is 0.341 e. The van der Waals surface area contributed by atoms with E-state index in [1.165, 1.54) is 22.8 Å². The van der Waals surface area contributed by atoms with Crippen molar-refractivity contribution >= 4 is 28.4 Å². The second kappa shape index (κ2) is 11.6. The van der Waals surface area contributed by atoms with Crippen LogP contribution in [0.2, 0.25) is 0 Å². The monoisotopic (exact) mass is 514 g/mol. The zero-order valence-corrected chi connectivity index (χ0v) is 20.1. The van der Waals surface area contributed by atoms with Gasteiger partial charge in [-0.2, -0.15) is 4.31 Å². The molecule has 0 saturated heterocycles. The van der Waals surface area contributed by atoms with Gasteiger partial charge in [-0.3, -0.25) is 4.98 Å². The summed E-state index contributed by atoms with van der Waals surface area (Å²) in [7, 11) is -3.87. The van der Waals surface area contributed by atoms with Crippen molar-refractivity contribution in [3.05, 3.63) is 103 Å². The number of nitrogens with zero attached hydrogens (tertiary/aromatic N) is 4. The van der Waals surface area contributed by atoms with Crippen LogP contribution in [-0.4, -0.2) is 44.9 Å². The molecule has 2 aromatic carbocycles. The molecule has 2 aromatic heterocycles. The SMILES string of the molecule is Cl.O=C(O)COc1cccc(CN(Cc2ccc(-n3ccnc3)cc2)S(=O)(=O)c2cccnc2)c1. The molecular weight excluding hydrogens is 492 g/mol. The van der Waals surface area contributed by atoms with Crippen molar-refractivity contribution in [2.75, 3.05) is 6.61 Å². The first-order valence-electron chi connectivity index (χ1n) is 10.3. The third-order valence-electron chi connectivity index (χ3n) is 4.99. The highest BCUT2D eigenvalue weighted by atomic mass is 35.5. The number of imidazole rings is 1. The summed E-state index contributed by atoms with van der Waals surface area (Å²) >= 11 is 0. The van der Waals surface area contributed by atoms with E-state index in [4.69, 9.17) is 9.84 Å². The van der Waals surface area contributed by atoms with E-state index < -0.39 is 22.6 Å². The molecule has 0 unspecified atom stereocenters. The van der Waals surface area contributed by atoms with Gasteiger partial charge in [-0.05, 0) is 47.5 Å². The van der Waals surface area contributed by atoms with Gasteiger partial charge in [0.1, 0.15) is 10.6 Å². The zero-order chi connectivity index (χ0) is 24.0. The van der Waals surface area contributed by atoms with Gasteiger partial charge in [0.05, 0.1) is 6.33 Å². The zero-order valence-electron chi connectivity index (χ0n) is 18.5. The Kier molecular flexibility index (Phi) is 8.58. The van der Waals surface area contributed by atoms with E-state index in [9.17, 15) is 13.2 Å². The van der Waals surface area contributed by atoms with Crippen molar-refractivity contribution < 1.29 is 23.1 Å². The number of carboxylic acids is 1. The summed E-state index contributed by atoms with van der Waals surface area (Å²) < 4.78 is 35.4. The number of aromatic nitrogens is 3. The molecule has 4 rings (SSSR count). The topological polar surface area (TPSA) is 115 Å². The molecule has 1 N–H and O–H groups in total. The van der Waals surface area contributed by atoms with Crippen molar-refractivity contribution in [3.63, 3.8) is 0 Å². The molecule has 0 radical (unpaired) electrons. The van der Waals surface area contributed by atoms with Crippen LogP contribution in [0.5, 0.6) is 5.75 Å². The number of rotatable bonds is 10. The van der Waals surface area contributed by atoms with Crippen LogP contribution in [0.25, 0.3) is 5.69 Å². The molecule has 0 aliphatic rings. The lowest BCUT2D eigenvalue weighted by molar-refractivity contribution is -0.139. The number of hydrogen-bond acceptors (Lipinski definition) is 6. The summed E-state index contributed by atoms with van der Waals surface area (Å²) in [5.41, 5.74) is 2.37. The minimum absolute atomic E-state index is 0. The molecule has 35 heavy (non-hydrogen) atoms.